The van der Waals surface area contributed by atoms with E-state index in [0.717, 1.165) is 6.42 Å². The molecule has 0 unspecified atom stereocenters. The lowest BCUT2D eigenvalue weighted by atomic mass is 10.3. The highest BCUT2D eigenvalue weighted by molar-refractivity contribution is 5.92. The Bertz CT molecular complexity index is 567. The zero-order valence-corrected chi connectivity index (χ0v) is 10.8. The van der Waals surface area contributed by atoms with Crippen LogP contribution in [-0.2, 0) is 0 Å². The van der Waals surface area contributed by atoms with E-state index in [4.69, 9.17) is 4.52 Å². The summed E-state index contributed by atoms with van der Waals surface area (Å²) in [5.74, 6) is 1.50. The van der Waals surface area contributed by atoms with Crippen LogP contribution in [-0.4, -0.2) is 27.6 Å². The molecule has 0 radical (unpaired) electrons. The smallest absolute Gasteiger partial charge is 0.270 e. The molecule has 2 N–H and O–H groups in total. The van der Waals surface area contributed by atoms with Crippen molar-refractivity contribution in [1.82, 2.24) is 20.4 Å². The van der Waals surface area contributed by atoms with Gasteiger partial charge in [0.15, 0.2) is 5.82 Å². The molecule has 2 aromatic rings. The first kappa shape index (κ1) is 13.0. The minimum Gasteiger partial charge on any atom is -0.360 e. The summed E-state index contributed by atoms with van der Waals surface area (Å²) in [6.45, 7) is 4.40. The van der Waals surface area contributed by atoms with Crippen LogP contribution >= 0.6 is 0 Å². The van der Waals surface area contributed by atoms with Crippen LogP contribution in [0.5, 0.6) is 0 Å². The summed E-state index contributed by atoms with van der Waals surface area (Å²) in [5, 5.41) is 9.48. The fraction of sp³-hybridized carbons (Fsp3) is 0.333. The van der Waals surface area contributed by atoms with Gasteiger partial charge in [-0.2, -0.15) is 0 Å². The highest BCUT2D eigenvalue weighted by Gasteiger charge is 2.08. The van der Waals surface area contributed by atoms with Crippen LogP contribution in [0.25, 0.3) is 0 Å². The molecule has 0 aromatic carbocycles. The molecule has 0 spiro atoms. The van der Waals surface area contributed by atoms with Crippen molar-refractivity contribution in [3.63, 3.8) is 0 Å². The van der Waals surface area contributed by atoms with Gasteiger partial charge in [-0.05, 0) is 13.3 Å². The van der Waals surface area contributed by atoms with Gasteiger partial charge in [-0.25, -0.2) is 9.97 Å². The maximum Gasteiger partial charge on any atom is 0.270 e. The van der Waals surface area contributed by atoms with Gasteiger partial charge in [0.05, 0.1) is 0 Å². The van der Waals surface area contributed by atoms with Crippen LogP contribution in [0.3, 0.4) is 0 Å². The fourth-order valence-electron chi connectivity index (χ4n) is 1.44. The van der Waals surface area contributed by atoms with Crippen LogP contribution in [0.1, 0.15) is 29.6 Å². The van der Waals surface area contributed by atoms with E-state index in [1.165, 1.54) is 6.33 Å². The minimum atomic E-state index is -0.219. The number of hydrogen-bond donors (Lipinski definition) is 2. The first-order valence-corrected chi connectivity index (χ1v) is 5.99. The molecule has 2 rings (SSSR count). The lowest BCUT2D eigenvalue weighted by Gasteiger charge is -2.04. The molecule has 0 fully saturated rings. The highest BCUT2D eigenvalue weighted by Crippen LogP contribution is 2.14. The van der Waals surface area contributed by atoms with Crippen molar-refractivity contribution < 1.29 is 9.32 Å². The van der Waals surface area contributed by atoms with E-state index >= 15 is 0 Å². The van der Waals surface area contributed by atoms with E-state index in [2.05, 4.69) is 25.8 Å². The number of carbonyl (C=O) groups excluding carboxylic acids is 1. The standard InChI is InChI=1S/C12H15N5O2/c1-3-4-13-12(18)9-6-10(15-7-14-9)16-11-5-8(2)19-17-11/h5-7H,3-4H2,1-2H3,(H,13,18)(H,14,15,16,17). The van der Waals surface area contributed by atoms with Crippen molar-refractivity contribution in [3.05, 3.63) is 29.9 Å². The first-order valence-electron chi connectivity index (χ1n) is 5.99. The number of nitrogens with one attached hydrogen (secondary N) is 2. The molecule has 0 atom stereocenters. The second-order valence-corrected chi connectivity index (χ2v) is 3.99. The molecule has 1 amide bonds. The number of carbonyl (C=O) groups is 1. The number of rotatable bonds is 5. The van der Waals surface area contributed by atoms with Crippen molar-refractivity contribution in [1.29, 1.82) is 0 Å². The molecule has 0 saturated carbocycles. The van der Waals surface area contributed by atoms with Crippen LogP contribution in [0.4, 0.5) is 11.6 Å². The molecule has 7 nitrogen and oxygen atoms in total. The Hall–Kier alpha value is -2.44. The second kappa shape index (κ2) is 5.94. The Morgan fingerprint density at radius 3 is 2.84 bits per heavy atom. The topological polar surface area (TPSA) is 92.9 Å². The molecule has 2 heterocycles. The van der Waals surface area contributed by atoms with Crippen LogP contribution in [0.15, 0.2) is 23.0 Å². The van der Waals surface area contributed by atoms with Crippen molar-refractivity contribution in [3.8, 4) is 0 Å². The second-order valence-electron chi connectivity index (χ2n) is 3.99. The summed E-state index contributed by atoms with van der Waals surface area (Å²) >= 11 is 0. The molecular weight excluding hydrogens is 246 g/mol. The van der Waals surface area contributed by atoms with Crippen molar-refractivity contribution in [2.24, 2.45) is 0 Å². The molecule has 19 heavy (non-hydrogen) atoms. The average molecular weight is 261 g/mol. The molecule has 0 aliphatic carbocycles. The van der Waals surface area contributed by atoms with Crippen molar-refractivity contribution >= 4 is 17.5 Å². The largest absolute Gasteiger partial charge is 0.360 e. The Morgan fingerprint density at radius 1 is 1.32 bits per heavy atom. The molecule has 2 aromatic heterocycles. The predicted molar refractivity (Wildman–Crippen MR) is 69.2 cm³/mol. The summed E-state index contributed by atoms with van der Waals surface area (Å²) in [7, 11) is 0. The Morgan fingerprint density at radius 2 is 2.16 bits per heavy atom. The highest BCUT2D eigenvalue weighted by atomic mass is 16.5. The van der Waals surface area contributed by atoms with E-state index in [9.17, 15) is 4.79 Å². The normalized spacial score (nSPS) is 10.2. The van der Waals surface area contributed by atoms with Gasteiger partial charge in [0.25, 0.3) is 5.91 Å². The molecule has 0 saturated heterocycles. The van der Waals surface area contributed by atoms with Gasteiger partial charge >= 0.3 is 0 Å². The number of amides is 1. The Balaban J connectivity index is 2.08. The zero-order valence-electron chi connectivity index (χ0n) is 10.8. The van der Waals surface area contributed by atoms with Crippen LogP contribution in [0.2, 0.25) is 0 Å². The van der Waals surface area contributed by atoms with Gasteiger partial charge < -0.3 is 15.2 Å². The molecule has 0 bridgehead atoms. The fourth-order valence-corrected chi connectivity index (χ4v) is 1.44. The third-order valence-electron chi connectivity index (χ3n) is 2.32. The first-order chi connectivity index (χ1) is 9.19. The van der Waals surface area contributed by atoms with Gasteiger partial charge in [0.1, 0.15) is 23.6 Å². The Labute approximate surface area is 110 Å². The van der Waals surface area contributed by atoms with E-state index in [1.54, 1.807) is 19.1 Å². The van der Waals surface area contributed by atoms with Gasteiger partial charge in [-0.3, -0.25) is 4.79 Å². The summed E-state index contributed by atoms with van der Waals surface area (Å²) in [4.78, 5) is 19.7. The van der Waals surface area contributed by atoms with Crippen LogP contribution in [0, 0.1) is 6.92 Å². The van der Waals surface area contributed by atoms with E-state index < -0.39 is 0 Å². The maximum absolute atomic E-state index is 11.7. The molecule has 0 aliphatic rings. The third-order valence-corrected chi connectivity index (χ3v) is 2.32. The number of anilines is 2. The average Bonchev–Trinajstić information content (AvgIpc) is 2.81. The van der Waals surface area contributed by atoms with Gasteiger partial charge in [-0.15, -0.1) is 0 Å². The molecule has 7 heteroatoms. The summed E-state index contributed by atoms with van der Waals surface area (Å²) in [5.41, 5.74) is 0.311. The van der Waals surface area contributed by atoms with Gasteiger partial charge in [0.2, 0.25) is 0 Å². The zero-order chi connectivity index (χ0) is 13.7. The lowest BCUT2D eigenvalue weighted by molar-refractivity contribution is 0.0948. The van der Waals surface area contributed by atoms with Crippen molar-refractivity contribution in [2.75, 3.05) is 11.9 Å². The summed E-state index contributed by atoms with van der Waals surface area (Å²) < 4.78 is 4.93. The molecule has 0 aliphatic heterocycles. The Kier molecular flexibility index (Phi) is 4.07. The monoisotopic (exact) mass is 261 g/mol. The number of hydrogen-bond acceptors (Lipinski definition) is 6. The third kappa shape index (κ3) is 3.51. The van der Waals surface area contributed by atoms with E-state index in [0.29, 0.717) is 29.6 Å². The SMILES string of the molecule is CCCNC(=O)c1cc(Nc2cc(C)on2)ncn1. The minimum absolute atomic E-state index is 0.219. The number of nitrogens with zero attached hydrogens (tertiary/aromatic N) is 3. The summed E-state index contributed by atoms with van der Waals surface area (Å²) in [6, 6.07) is 3.30. The number of aromatic nitrogens is 3. The number of aryl methyl sites for hydroxylation is 1. The van der Waals surface area contributed by atoms with E-state index in [1.807, 2.05) is 6.92 Å². The van der Waals surface area contributed by atoms with Gasteiger partial charge in [-0.1, -0.05) is 12.1 Å². The summed E-state index contributed by atoms with van der Waals surface area (Å²) in [6.07, 6.45) is 2.20. The maximum atomic E-state index is 11.7. The molecule has 100 valence electrons. The van der Waals surface area contributed by atoms with Crippen LogP contribution < -0.4 is 10.6 Å². The van der Waals surface area contributed by atoms with Crippen molar-refractivity contribution in [2.45, 2.75) is 20.3 Å². The lowest BCUT2D eigenvalue weighted by Crippen LogP contribution is -2.25. The predicted octanol–water partition coefficient (Wildman–Crippen LogP) is 1.66. The van der Waals surface area contributed by atoms with Gasteiger partial charge in [0, 0.05) is 18.7 Å². The van der Waals surface area contributed by atoms with E-state index in [-0.39, 0.29) is 5.91 Å². The molecular formula is C12H15N5O2. The quantitative estimate of drug-likeness (QED) is 0.850.